The molecular formula is C21H30N4O2. The lowest BCUT2D eigenvalue weighted by atomic mass is 9.89. The standard InChI is InChI=1S/C21H30N4O2/c1-21(2,3)12-17-18-15(20(26)25-9-7-14(22-4)8-10-25)11-16(13-5-6-13)23-19(18)27-24-17/h11,13-14,22H,5-10,12H2,1-4H3. The number of pyridine rings is 1. The largest absolute Gasteiger partial charge is 0.339 e. The summed E-state index contributed by atoms with van der Waals surface area (Å²) in [6.45, 7) is 8.08. The van der Waals surface area contributed by atoms with Crippen molar-refractivity contribution in [3.05, 3.63) is 23.0 Å². The van der Waals surface area contributed by atoms with E-state index in [-0.39, 0.29) is 11.3 Å². The number of piperidine rings is 1. The van der Waals surface area contributed by atoms with Crippen molar-refractivity contribution in [1.29, 1.82) is 0 Å². The fraction of sp³-hybridized carbons (Fsp3) is 0.667. The molecule has 1 aliphatic carbocycles. The van der Waals surface area contributed by atoms with E-state index in [4.69, 9.17) is 9.51 Å². The first kappa shape index (κ1) is 18.4. The van der Waals surface area contributed by atoms with Gasteiger partial charge in [-0.15, -0.1) is 0 Å². The van der Waals surface area contributed by atoms with Gasteiger partial charge in [0.25, 0.3) is 11.6 Å². The fourth-order valence-electron chi connectivity index (χ4n) is 3.95. The van der Waals surface area contributed by atoms with Gasteiger partial charge in [-0.3, -0.25) is 4.79 Å². The minimum Gasteiger partial charge on any atom is -0.339 e. The minimum absolute atomic E-state index is 0.0599. The lowest BCUT2D eigenvalue weighted by molar-refractivity contribution is 0.0709. The molecule has 1 N–H and O–H groups in total. The molecule has 0 bridgehead atoms. The number of aromatic nitrogens is 2. The number of carbonyl (C=O) groups excluding carboxylic acids is 1. The quantitative estimate of drug-likeness (QED) is 0.892. The fourth-order valence-corrected chi connectivity index (χ4v) is 3.95. The zero-order valence-electron chi connectivity index (χ0n) is 16.8. The summed E-state index contributed by atoms with van der Waals surface area (Å²) in [7, 11) is 1.99. The molecule has 6 nitrogen and oxygen atoms in total. The summed E-state index contributed by atoms with van der Waals surface area (Å²) in [6, 6.07) is 2.51. The van der Waals surface area contributed by atoms with Crippen molar-refractivity contribution in [1.82, 2.24) is 20.4 Å². The normalized spacial score (nSPS) is 19.0. The molecule has 2 aromatic heterocycles. The third-order valence-corrected chi connectivity index (χ3v) is 5.65. The molecule has 4 rings (SSSR count). The van der Waals surface area contributed by atoms with Crippen molar-refractivity contribution in [2.45, 2.75) is 64.8 Å². The van der Waals surface area contributed by atoms with Crippen LogP contribution in [0.1, 0.15) is 74.1 Å². The summed E-state index contributed by atoms with van der Waals surface area (Å²) in [5.41, 5.74) is 3.14. The van der Waals surface area contributed by atoms with Crippen molar-refractivity contribution >= 4 is 17.0 Å². The van der Waals surface area contributed by atoms with Crippen LogP contribution in [0.25, 0.3) is 11.1 Å². The first-order chi connectivity index (χ1) is 12.9. The molecule has 0 aromatic carbocycles. The van der Waals surface area contributed by atoms with Gasteiger partial charge in [-0.1, -0.05) is 25.9 Å². The van der Waals surface area contributed by atoms with Crippen molar-refractivity contribution in [2.24, 2.45) is 5.41 Å². The molecule has 27 heavy (non-hydrogen) atoms. The van der Waals surface area contributed by atoms with Crippen LogP contribution in [-0.4, -0.2) is 47.1 Å². The maximum Gasteiger partial charge on any atom is 0.259 e. The van der Waals surface area contributed by atoms with Gasteiger partial charge in [0, 0.05) is 30.7 Å². The van der Waals surface area contributed by atoms with E-state index in [1.165, 1.54) is 0 Å². The third-order valence-electron chi connectivity index (χ3n) is 5.65. The highest BCUT2D eigenvalue weighted by molar-refractivity contribution is 6.06. The highest BCUT2D eigenvalue weighted by atomic mass is 16.5. The maximum absolute atomic E-state index is 13.4. The van der Waals surface area contributed by atoms with Crippen molar-refractivity contribution in [2.75, 3.05) is 20.1 Å². The average molecular weight is 370 g/mol. The maximum atomic E-state index is 13.4. The Morgan fingerprint density at radius 3 is 2.56 bits per heavy atom. The molecule has 1 amide bonds. The zero-order valence-corrected chi connectivity index (χ0v) is 16.8. The summed E-state index contributed by atoms with van der Waals surface area (Å²) in [4.78, 5) is 20.1. The topological polar surface area (TPSA) is 71.3 Å². The number of hydrogen-bond donors (Lipinski definition) is 1. The number of carbonyl (C=O) groups is 1. The van der Waals surface area contributed by atoms with Gasteiger partial charge in [0.1, 0.15) is 0 Å². The lowest BCUT2D eigenvalue weighted by Crippen LogP contribution is -2.44. The van der Waals surface area contributed by atoms with Crippen LogP contribution in [0, 0.1) is 5.41 Å². The Morgan fingerprint density at radius 2 is 1.96 bits per heavy atom. The van der Waals surface area contributed by atoms with Crippen molar-refractivity contribution in [3.63, 3.8) is 0 Å². The second-order valence-corrected chi connectivity index (χ2v) is 9.27. The number of rotatable bonds is 4. The summed E-state index contributed by atoms with van der Waals surface area (Å²) >= 11 is 0. The number of hydrogen-bond acceptors (Lipinski definition) is 5. The lowest BCUT2D eigenvalue weighted by Gasteiger charge is -2.32. The van der Waals surface area contributed by atoms with Gasteiger partial charge in [-0.25, -0.2) is 4.98 Å². The van der Waals surface area contributed by atoms with E-state index < -0.39 is 0 Å². The Morgan fingerprint density at radius 1 is 1.26 bits per heavy atom. The zero-order chi connectivity index (χ0) is 19.2. The minimum atomic E-state index is 0.0599. The monoisotopic (exact) mass is 370 g/mol. The number of likely N-dealkylation sites (tertiary alicyclic amines) is 1. The SMILES string of the molecule is CNC1CCN(C(=O)c2cc(C3CC3)nc3onc(CC(C)(C)C)c23)CC1. The summed E-state index contributed by atoms with van der Waals surface area (Å²) in [6.07, 6.45) is 5.02. The molecule has 2 aliphatic rings. The van der Waals surface area contributed by atoms with Crippen molar-refractivity contribution < 1.29 is 9.32 Å². The predicted molar refractivity (Wildman–Crippen MR) is 105 cm³/mol. The van der Waals surface area contributed by atoms with Crippen LogP contribution in [0.15, 0.2) is 10.6 Å². The molecule has 0 radical (unpaired) electrons. The number of nitrogens with one attached hydrogen (secondary N) is 1. The van der Waals surface area contributed by atoms with Crippen LogP contribution in [0.4, 0.5) is 0 Å². The number of nitrogens with zero attached hydrogens (tertiary/aromatic N) is 3. The van der Waals surface area contributed by atoms with Gasteiger partial charge in [-0.2, -0.15) is 0 Å². The Balaban J connectivity index is 1.72. The van der Waals surface area contributed by atoms with Crippen LogP contribution in [-0.2, 0) is 6.42 Å². The molecular weight excluding hydrogens is 340 g/mol. The molecule has 1 aliphatic heterocycles. The van der Waals surface area contributed by atoms with E-state index >= 15 is 0 Å². The molecule has 146 valence electrons. The highest BCUT2D eigenvalue weighted by Gasteiger charge is 2.32. The summed E-state index contributed by atoms with van der Waals surface area (Å²) in [5, 5.41) is 8.43. The van der Waals surface area contributed by atoms with E-state index in [2.05, 4.69) is 31.2 Å². The van der Waals surface area contributed by atoms with E-state index in [0.29, 0.717) is 17.7 Å². The molecule has 0 spiro atoms. The Hall–Kier alpha value is -1.95. The summed E-state index contributed by atoms with van der Waals surface area (Å²) in [5.74, 6) is 0.560. The van der Waals surface area contributed by atoms with Gasteiger partial charge < -0.3 is 14.7 Å². The van der Waals surface area contributed by atoms with Gasteiger partial charge in [-0.05, 0) is 50.6 Å². The number of fused-ring (bicyclic) bond motifs is 1. The molecule has 1 saturated heterocycles. The first-order valence-electron chi connectivity index (χ1n) is 10.1. The Kier molecular flexibility index (Phi) is 4.70. The van der Waals surface area contributed by atoms with Gasteiger partial charge >= 0.3 is 0 Å². The second-order valence-electron chi connectivity index (χ2n) is 9.27. The Labute approximate surface area is 160 Å². The third kappa shape index (κ3) is 3.86. The predicted octanol–water partition coefficient (Wildman–Crippen LogP) is 3.51. The molecule has 0 unspecified atom stereocenters. The van der Waals surface area contributed by atoms with Crippen LogP contribution in [0.5, 0.6) is 0 Å². The highest BCUT2D eigenvalue weighted by Crippen LogP contribution is 2.41. The number of amides is 1. The summed E-state index contributed by atoms with van der Waals surface area (Å²) < 4.78 is 5.58. The van der Waals surface area contributed by atoms with Gasteiger partial charge in [0.15, 0.2) is 0 Å². The molecule has 6 heteroatoms. The average Bonchev–Trinajstić information content (AvgIpc) is 3.42. The molecule has 1 saturated carbocycles. The Bertz CT molecular complexity index is 840. The van der Waals surface area contributed by atoms with E-state index in [9.17, 15) is 4.79 Å². The van der Waals surface area contributed by atoms with Gasteiger partial charge in [0.05, 0.1) is 16.6 Å². The van der Waals surface area contributed by atoms with Crippen LogP contribution < -0.4 is 5.32 Å². The molecule has 2 aromatic rings. The van der Waals surface area contributed by atoms with Gasteiger partial charge in [0.2, 0.25) is 0 Å². The van der Waals surface area contributed by atoms with E-state index in [1.54, 1.807) is 0 Å². The van der Waals surface area contributed by atoms with Crippen LogP contribution in [0.2, 0.25) is 0 Å². The first-order valence-corrected chi connectivity index (χ1v) is 10.1. The smallest absolute Gasteiger partial charge is 0.259 e. The van der Waals surface area contributed by atoms with Crippen LogP contribution >= 0.6 is 0 Å². The van der Waals surface area contributed by atoms with Crippen molar-refractivity contribution in [3.8, 4) is 0 Å². The molecule has 0 atom stereocenters. The molecule has 3 heterocycles. The van der Waals surface area contributed by atoms with E-state index in [0.717, 1.165) is 67.5 Å². The van der Waals surface area contributed by atoms with Crippen LogP contribution in [0.3, 0.4) is 0 Å². The molecule has 2 fully saturated rings. The second kappa shape index (κ2) is 6.89. The van der Waals surface area contributed by atoms with E-state index in [1.807, 2.05) is 18.0 Å².